The second-order valence-corrected chi connectivity index (χ2v) is 29.9. The first-order valence-electron chi connectivity index (χ1n) is 34.9. The molecule has 24 rings (SSSR count). The minimum Gasteiger partial charge on any atom is -0.434 e. The van der Waals surface area contributed by atoms with Crippen molar-refractivity contribution in [2.45, 2.75) is 78.0 Å². The van der Waals surface area contributed by atoms with Crippen LogP contribution in [0.15, 0.2) is 255 Å². The third-order valence-corrected chi connectivity index (χ3v) is 23.7. The minimum absolute atomic E-state index is 0.0888. The maximum absolute atomic E-state index is 6.70. The summed E-state index contributed by atoms with van der Waals surface area (Å²) in [5.41, 5.74) is 17.1. The first kappa shape index (κ1) is 55.4. The van der Waals surface area contributed by atoms with Crippen molar-refractivity contribution in [1.82, 2.24) is 0 Å². The SMILES string of the molecule is CC1(C)c2cc3ccc4ccccc4c3c3c2-c2c1c1c(ccc4ccccc41)c[n+]2CO3.CC1(C)c2cc3ccc4ccccc4c3c3c2-c2c1c1ccc4ccccc4c1c[n+]2CO3.CC1(C)c2cc3ccc4ccccc4c3c3c2-c2c1cc1ccc4ccccc4c1[n+]2CO3. The van der Waals surface area contributed by atoms with E-state index in [1.807, 2.05) is 0 Å². The van der Waals surface area contributed by atoms with Gasteiger partial charge in [-0.15, -0.1) is 0 Å². The number of ether oxygens (including phenoxy) is 3. The fourth-order valence-electron chi connectivity index (χ4n) is 19.2. The van der Waals surface area contributed by atoms with Gasteiger partial charge < -0.3 is 14.2 Å². The highest BCUT2D eigenvalue weighted by Gasteiger charge is 2.51. The molecule has 6 heterocycles. The van der Waals surface area contributed by atoms with Gasteiger partial charge in [0.05, 0.1) is 27.5 Å². The fourth-order valence-corrected chi connectivity index (χ4v) is 19.2. The summed E-state index contributed by atoms with van der Waals surface area (Å²) in [4.78, 5) is 0. The first-order chi connectivity index (χ1) is 48.4. The highest BCUT2D eigenvalue weighted by molar-refractivity contribution is 6.20. The monoisotopic (exact) mass is 1270 g/mol. The van der Waals surface area contributed by atoms with Crippen molar-refractivity contribution in [3.05, 3.63) is 288 Å². The molecule has 0 spiro atoms. The Kier molecular flexibility index (Phi) is 10.8. The van der Waals surface area contributed by atoms with Crippen LogP contribution in [0.2, 0.25) is 0 Å². The van der Waals surface area contributed by atoms with Gasteiger partial charge in [0.2, 0.25) is 22.6 Å². The maximum atomic E-state index is 6.70. The Morgan fingerprint density at radius 3 is 1.14 bits per heavy atom. The molecule has 0 saturated carbocycles. The van der Waals surface area contributed by atoms with Crippen molar-refractivity contribution >= 4 is 129 Å². The average Bonchev–Trinajstić information content (AvgIpc) is 1.54. The Hall–Kier alpha value is -11.7. The lowest BCUT2D eigenvalue weighted by Crippen LogP contribution is -2.43. The van der Waals surface area contributed by atoms with E-state index in [0.717, 1.165) is 17.2 Å². The lowest BCUT2D eigenvalue weighted by molar-refractivity contribution is -0.716. The highest BCUT2D eigenvalue weighted by Crippen LogP contribution is 2.61. The molecule has 0 N–H and O–H groups in total. The van der Waals surface area contributed by atoms with E-state index in [0.29, 0.717) is 20.2 Å². The molecule has 6 heteroatoms. The van der Waals surface area contributed by atoms with Crippen LogP contribution in [-0.4, -0.2) is 0 Å². The summed E-state index contributed by atoms with van der Waals surface area (Å²) < 4.78 is 27.0. The molecule has 0 radical (unpaired) electrons. The standard InChI is InChI=1S/3C31H22NO/c1-31(2)24-15-20-13-11-19-8-4-6-10-23(19)26(20)30-27(24)29-28(31)25-21(16-32(29)17-33-30)14-12-18-7-3-5-9-22(18)25;1-31(2)24-15-20-13-11-18-7-3-5-9-22(18)26(20)30-27(24)29-25(31)16-21-14-12-19-8-4-6-10-23(19)28(21)32(29)17-33-30;1-31(2)25-15-20-12-11-19-8-4-6-10-22(19)26(20)30-27(25)29-28(31)23-14-13-18-7-3-5-9-21(18)24(23)16-32(29)17-33-30/h3*3-16H,17H2,1-2H3/q3*+1. The highest BCUT2D eigenvalue weighted by atomic mass is 16.5. The van der Waals surface area contributed by atoms with Crippen LogP contribution in [0.5, 0.6) is 17.2 Å². The van der Waals surface area contributed by atoms with Crippen LogP contribution in [0.25, 0.3) is 163 Å². The maximum Gasteiger partial charge on any atom is 0.293 e. The summed E-state index contributed by atoms with van der Waals surface area (Å²) in [6.07, 6.45) is 4.58. The first-order valence-corrected chi connectivity index (χ1v) is 34.9. The molecule has 0 amide bonds. The molecule has 0 atom stereocenters. The van der Waals surface area contributed by atoms with Gasteiger partial charge in [0.1, 0.15) is 17.2 Å². The molecule has 0 unspecified atom stereocenters. The molecule has 15 aromatic carbocycles. The molecule has 0 fully saturated rings. The molecule has 3 aromatic heterocycles. The Morgan fingerprint density at radius 1 is 0.263 bits per heavy atom. The lowest BCUT2D eigenvalue weighted by atomic mass is 9.79. The predicted octanol–water partition coefficient (Wildman–Crippen LogP) is 21.7. The molecule has 0 bridgehead atoms. The number of aromatic nitrogens is 3. The Morgan fingerprint density at radius 2 is 0.616 bits per heavy atom. The minimum atomic E-state index is -0.127. The Bertz CT molecular complexity index is 6620. The van der Waals surface area contributed by atoms with Crippen molar-refractivity contribution < 1.29 is 27.9 Å². The predicted molar refractivity (Wildman–Crippen MR) is 405 cm³/mol. The molecule has 468 valence electrons. The average molecular weight is 1270 g/mol. The van der Waals surface area contributed by atoms with Crippen LogP contribution in [0, 0.1) is 0 Å². The third-order valence-electron chi connectivity index (χ3n) is 23.7. The zero-order valence-electron chi connectivity index (χ0n) is 55.9. The van der Waals surface area contributed by atoms with Gasteiger partial charge in [-0.2, -0.15) is 13.7 Å². The number of pyridine rings is 3. The molecular weight excluding hydrogens is 1210 g/mol. The Labute approximate surface area is 571 Å². The number of hydrogen-bond donors (Lipinski definition) is 0. The largest absolute Gasteiger partial charge is 0.434 e. The third kappa shape index (κ3) is 7.22. The summed E-state index contributed by atoms with van der Waals surface area (Å²) in [5, 5.41) is 29.4. The topological polar surface area (TPSA) is 39.3 Å². The van der Waals surface area contributed by atoms with E-state index in [2.05, 4.69) is 310 Å². The van der Waals surface area contributed by atoms with Gasteiger partial charge in [0, 0.05) is 65.3 Å². The second-order valence-electron chi connectivity index (χ2n) is 29.9. The van der Waals surface area contributed by atoms with Crippen molar-refractivity contribution in [3.63, 3.8) is 0 Å². The number of nitrogens with zero attached hydrogens (tertiary/aromatic N) is 3. The number of benzene rings is 15. The van der Waals surface area contributed by atoms with Gasteiger partial charge in [-0.05, 0) is 140 Å². The molecule has 6 aliphatic rings. The van der Waals surface area contributed by atoms with Crippen molar-refractivity contribution in [2.24, 2.45) is 0 Å². The van der Waals surface area contributed by atoms with E-state index in [1.54, 1.807) is 0 Å². The smallest absolute Gasteiger partial charge is 0.293 e. The van der Waals surface area contributed by atoms with Crippen molar-refractivity contribution in [1.29, 1.82) is 0 Å². The van der Waals surface area contributed by atoms with Crippen LogP contribution in [0.4, 0.5) is 0 Å². The van der Waals surface area contributed by atoms with E-state index in [9.17, 15) is 0 Å². The van der Waals surface area contributed by atoms with Crippen LogP contribution >= 0.6 is 0 Å². The van der Waals surface area contributed by atoms with Crippen LogP contribution in [-0.2, 0) is 36.4 Å². The number of rotatable bonds is 0. The van der Waals surface area contributed by atoms with Gasteiger partial charge in [0.25, 0.3) is 20.2 Å². The summed E-state index contributed by atoms with van der Waals surface area (Å²) in [6, 6.07) is 88.8. The summed E-state index contributed by atoms with van der Waals surface area (Å²) in [5.74, 6) is 3.14. The van der Waals surface area contributed by atoms with Crippen LogP contribution in [0.3, 0.4) is 0 Å². The Balaban J connectivity index is 0.0000000949. The van der Waals surface area contributed by atoms with Gasteiger partial charge >= 0.3 is 0 Å². The summed E-state index contributed by atoms with van der Waals surface area (Å²) >= 11 is 0. The quantitative estimate of drug-likeness (QED) is 0.112. The van der Waals surface area contributed by atoms with Gasteiger partial charge in [-0.25, -0.2) is 0 Å². The summed E-state index contributed by atoms with van der Waals surface area (Å²) in [6.45, 7) is 15.8. The van der Waals surface area contributed by atoms with Crippen LogP contribution in [0.1, 0.15) is 74.9 Å². The van der Waals surface area contributed by atoms with Gasteiger partial charge in [0.15, 0.2) is 12.4 Å². The van der Waals surface area contributed by atoms with Crippen molar-refractivity contribution in [3.8, 4) is 51.0 Å². The van der Waals surface area contributed by atoms with E-state index in [-0.39, 0.29) is 16.2 Å². The zero-order chi connectivity index (χ0) is 65.7. The fraction of sp³-hybridized carbons (Fsp3) is 0.129. The van der Waals surface area contributed by atoms with E-state index < -0.39 is 0 Å². The van der Waals surface area contributed by atoms with E-state index in [4.69, 9.17) is 14.2 Å². The second kappa shape index (κ2) is 19.3. The van der Waals surface area contributed by atoms with Crippen molar-refractivity contribution in [2.75, 3.05) is 0 Å². The molecular formula is C93H66N3O3+3. The number of hydrogen-bond acceptors (Lipinski definition) is 3. The zero-order valence-corrected chi connectivity index (χ0v) is 55.9. The van der Waals surface area contributed by atoms with Gasteiger partial charge in [-0.1, -0.05) is 242 Å². The van der Waals surface area contributed by atoms with Crippen LogP contribution < -0.4 is 27.9 Å². The van der Waals surface area contributed by atoms with E-state index in [1.165, 1.54) is 197 Å². The van der Waals surface area contributed by atoms with Gasteiger partial charge in [-0.3, -0.25) is 0 Å². The van der Waals surface area contributed by atoms with E-state index >= 15 is 0 Å². The molecule has 0 saturated heterocycles. The molecule has 3 aliphatic carbocycles. The number of fused-ring (bicyclic) bond motifs is 24. The normalized spacial score (nSPS) is 15.3. The molecule has 3 aliphatic heterocycles. The lowest BCUT2D eigenvalue weighted by Gasteiger charge is -2.22. The molecule has 18 aromatic rings. The summed E-state index contributed by atoms with van der Waals surface area (Å²) in [7, 11) is 0. The molecule has 6 nitrogen and oxygen atoms in total. The molecule has 99 heavy (non-hydrogen) atoms.